The summed E-state index contributed by atoms with van der Waals surface area (Å²) in [6.45, 7) is 3.29. The molecule has 0 heterocycles. The molecule has 9 heteroatoms. The molecule has 0 rings (SSSR count). The van der Waals surface area contributed by atoms with Gasteiger partial charge in [0.05, 0.1) is 6.42 Å². The molecule has 0 unspecified atom stereocenters. The predicted octanol–water partition coefficient (Wildman–Crippen LogP) is -1.89. The summed E-state index contributed by atoms with van der Waals surface area (Å²) >= 11 is 0. The van der Waals surface area contributed by atoms with Gasteiger partial charge in [-0.3, -0.25) is 4.79 Å². The van der Waals surface area contributed by atoms with Crippen molar-refractivity contribution in [1.82, 2.24) is 0 Å². The molecular formula is C8H13F2NaO5S. The van der Waals surface area contributed by atoms with Crippen LogP contribution in [0.3, 0.4) is 0 Å². The van der Waals surface area contributed by atoms with Gasteiger partial charge in [0.25, 0.3) is 0 Å². The largest absolute Gasteiger partial charge is 1.00 e. The van der Waals surface area contributed by atoms with Crippen molar-refractivity contribution >= 4 is 16.1 Å². The molecule has 0 saturated heterocycles. The van der Waals surface area contributed by atoms with Crippen LogP contribution in [-0.2, 0) is 19.6 Å². The quantitative estimate of drug-likeness (QED) is 0.342. The van der Waals surface area contributed by atoms with Gasteiger partial charge in [0, 0.05) is 0 Å². The Balaban J connectivity index is 0. The monoisotopic (exact) mass is 282 g/mol. The third-order valence-electron chi connectivity index (χ3n) is 1.44. The van der Waals surface area contributed by atoms with Gasteiger partial charge in [-0.15, -0.1) is 0 Å². The molecular weight excluding hydrogens is 269 g/mol. The molecule has 0 aliphatic carbocycles. The van der Waals surface area contributed by atoms with E-state index in [0.29, 0.717) is 0 Å². The van der Waals surface area contributed by atoms with Gasteiger partial charge in [-0.25, -0.2) is 8.42 Å². The molecule has 0 aromatic carbocycles. The number of ether oxygens (including phenoxy) is 1. The van der Waals surface area contributed by atoms with E-state index >= 15 is 0 Å². The van der Waals surface area contributed by atoms with E-state index < -0.39 is 33.4 Å². The molecule has 17 heavy (non-hydrogen) atoms. The van der Waals surface area contributed by atoms with Crippen molar-refractivity contribution in [3.8, 4) is 0 Å². The van der Waals surface area contributed by atoms with Crippen LogP contribution in [0.25, 0.3) is 0 Å². The van der Waals surface area contributed by atoms with Crippen LogP contribution in [-0.4, -0.2) is 30.8 Å². The number of carbonyl (C=O) groups excluding carboxylic acids is 1. The zero-order chi connectivity index (χ0) is 13.2. The van der Waals surface area contributed by atoms with Crippen LogP contribution in [0, 0.1) is 5.41 Å². The van der Waals surface area contributed by atoms with Crippen LogP contribution in [0.1, 0.15) is 27.2 Å². The second kappa shape index (κ2) is 6.42. The fraction of sp³-hybridized carbons (Fsp3) is 0.875. The molecule has 5 nitrogen and oxygen atoms in total. The van der Waals surface area contributed by atoms with Gasteiger partial charge < -0.3 is 9.29 Å². The third kappa shape index (κ3) is 8.04. The molecule has 96 valence electrons. The molecule has 0 aromatic rings. The number of hydrogen-bond donors (Lipinski definition) is 0. The Morgan fingerprint density at radius 2 is 1.71 bits per heavy atom. The molecule has 0 spiro atoms. The van der Waals surface area contributed by atoms with E-state index in [1.807, 2.05) is 0 Å². The Kier molecular flexibility index (Phi) is 7.39. The van der Waals surface area contributed by atoms with Crippen molar-refractivity contribution < 1.29 is 60.8 Å². The smallest absolute Gasteiger partial charge is 0.743 e. The fourth-order valence-electron chi connectivity index (χ4n) is 0.721. The van der Waals surface area contributed by atoms with Crippen molar-refractivity contribution in [3.05, 3.63) is 0 Å². The van der Waals surface area contributed by atoms with E-state index in [-0.39, 0.29) is 36.0 Å². The van der Waals surface area contributed by atoms with Crippen LogP contribution in [0.5, 0.6) is 0 Å². The van der Waals surface area contributed by atoms with Crippen LogP contribution in [0.15, 0.2) is 0 Å². The first-order chi connectivity index (χ1) is 6.85. The molecule has 0 aliphatic rings. The minimum Gasteiger partial charge on any atom is -0.743 e. The predicted molar refractivity (Wildman–Crippen MR) is 49.7 cm³/mol. The Morgan fingerprint density at radius 3 is 2.00 bits per heavy atom. The molecule has 0 radical (unpaired) electrons. The van der Waals surface area contributed by atoms with Gasteiger partial charge in [0.15, 0.2) is 16.7 Å². The Hall–Kier alpha value is 0.240. The summed E-state index contributed by atoms with van der Waals surface area (Å²) in [5, 5.41) is -4.58. The number of carbonyl (C=O) groups is 1. The van der Waals surface area contributed by atoms with Gasteiger partial charge in [-0.05, 0) is 5.41 Å². The maximum Gasteiger partial charge on any atom is 1.00 e. The minimum absolute atomic E-state index is 0. The van der Waals surface area contributed by atoms with E-state index in [9.17, 15) is 26.5 Å². The summed E-state index contributed by atoms with van der Waals surface area (Å²) in [5.41, 5.74) is -0.470. The average Bonchev–Trinajstić information content (AvgIpc) is 1.95. The number of esters is 1. The van der Waals surface area contributed by atoms with Crippen molar-refractivity contribution in [2.24, 2.45) is 5.41 Å². The summed E-state index contributed by atoms with van der Waals surface area (Å²) in [5.74, 6) is -0.976. The Labute approximate surface area is 121 Å². The van der Waals surface area contributed by atoms with E-state index in [1.54, 1.807) is 20.8 Å². The summed E-state index contributed by atoms with van der Waals surface area (Å²) in [7, 11) is -5.80. The zero-order valence-electron chi connectivity index (χ0n) is 10.1. The molecule has 0 saturated carbocycles. The van der Waals surface area contributed by atoms with E-state index in [4.69, 9.17) is 0 Å². The van der Waals surface area contributed by atoms with Gasteiger partial charge in [0.1, 0.15) is 0 Å². The second-order valence-electron chi connectivity index (χ2n) is 4.49. The number of hydrogen-bond acceptors (Lipinski definition) is 5. The second-order valence-corrected chi connectivity index (χ2v) is 6.00. The van der Waals surface area contributed by atoms with E-state index in [1.165, 1.54) is 0 Å². The minimum atomic E-state index is -5.80. The number of rotatable bonds is 4. The van der Waals surface area contributed by atoms with E-state index in [2.05, 4.69) is 4.74 Å². The Morgan fingerprint density at radius 1 is 1.29 bits per heavy atom. The van der Waals surface area contributed by atoms with Crippen LogP contribution < -0.4 is 29.6 Å². The topological polar surface area (TPSA) is 83.5 Å². The molecule has 0 aromatic heterocycles. The van der Waals surface area contributed by atoms with Crippen molar-refractivity contribution in [3.63, 3.8) is 0 Å². The molecule has 0 N–H and O–H groups in total. The summed E-state index contributed by atoms with van der Waals surface area (Å²) in [6.07, 6.45) is -0.151. The average molecular weight is 282 g/mol. The standard InChI is InChI=1S/C8H14F2O5S.Na/c1-7(2,3)4-6(11)15-5-8(9,10)16(12,13)14;/h4-5H2,1-3H3,(H,12,13,14);/q;+1/p-1. The van der Waals surface area contributed by atoms with E-state index in [0.717, 1.165) is 0 Å². The van der Waals surface area contributed by atoms with Crippen LogP contribution in [0.4, 0.5) is 8.78 Å². The van der Waals surface area contributed by atoms with Crippen molar-refractivity contribution in [1.29, 1.82) is 0 Å². The SMILES string of the molecule is CC(C)(C)CC(=O)OCC(F)(F)S(=O)(=O)[O-].[Na+]. The molecule has 0 fully saturated rings. The first-order valence-corrected chi connectivity index (χ1v) is 5.75. The summed E-state index contributed by atoms with van der Waals surface area (Å²) in [6, 6.07) is 0. The number of halogens is 2. The normalized spacial score (nSPS) is 12.8. The van der Waals surface area contributed by atoms with Crippen LogP contribution >= 0.6 is 0 Å². The number of alkyl halides is 2. The maximum atomic E-state index is 12.5. The van der Waals surface area contributed by atoms with Gasteiger partial charge in [0.2, 0.25) is 0 Å². The third-order valence-corrected chi connectivity index (χ3v) is 2.29. The zero-order valence-corrected chi connectivity index (χ0v) is 12.9. The van der Waals surface area contributed by atoms with Gasteiger partial charge >= 0.3 is 40.8 Å². The Bertz CT molecular complexity index is 361. The first-order valence-electron chi connectivity index (χ1n) is 4.34. The van der Waals surface area contributed by atoms with Gasteiger partial charge in [-0.2, -0.15) is 8.78 Å². The first kappa shape index (κ1) is 19.6. The molecule has 0 aliphatic heterocycles. The van der Waals surface area contributed by atoms with Crippen molar-refractivity contribution in [2.75, 3.05) is 6.61 Å². The van der Waals surface area contributed by atoms with Crippen molar-refractivity contribution in [2.45, 2.75) is 32.4 Å². The van der Waals surface area contributed by atoms with Crippen LogP contribution in [0.2, 0.25) is 0 Å². The van der Waals surface area contributed by atoms with Gasteiger partial charge in [-0.1, -0.05) is 20.8 Å². The molecule has 0 atom stereocenters. The summed E-state index contributed by atoms with van der Waals surface area (Å²) in [4.78, 5) is 11.0. The fourth-order valence-corrected chi connectivity index (χ4v) is 0.924. The molecule has 0 bridgehead atoms. The molecule has 0 amide bonds. The maximum absolute atomic E-state index is 12.5. The summed E-state index contributed by atoms with van der Waals surface area (Å²) < 4.78 is 59.3.